The van der Waals surface area contributed by atoms with E-state index in [1.54, 1.807) is 17.1 Å². The van der Waals surface area contributed by atoms with Crippen molar-refractivity contribution in [1.29, 1.82) is 0 Å². The van der Waals surface area contributed by atoms with E-state index in [-0.39, 0.29) is 24.7 Å². The number of aliphatic hydroxyl groups is 1. The lowest BCUT2D eigenvalue weighted by molar-refractivity contribution is -0.142. The van der Waals surface area contributed by atoms with E-state index in [9.17, 15) is 4.79 Å². The van der Waals surface area contributed by atoms with E-state index in [1.807, 2.05) is 31.2 Å². The number of amides is 1. The molecule has 2 atom stereocenters. The van der Waals surface area contributed by atoms with Gasteiger partial charge in [-0.05, 0) is 24.6 Å². The second kappa shape index (κ2) is 7.02. The fraction of sp³-hybridized carbons (Fsp3) is 0.400. The smallest absolute Gasteiger partial charge is 0.246 e. The van der Waals surface area contributed by atoms with E-state index in [0.29, 0.717) is 13.1 Å². The molecule has 1 amide bonds. The summed E-state index contributed by atoms with van der Waals surface area (Å²) in [7, 11) is 0. The van der Waals surface area contributed by atoms with Crippen LogP contribution in [0.4, 0.5) is 0 Å². The van der Waals surface area contributed by atoms with E-state index in [4.69, 9.17) is 9.84 Å². The molecule has 0 spiro atoms. The van der Waals surface area contributed by atoms with Crippen LogP contribution >= 0.6 is 15.9 Å². The molecule has 1 aromatic rings. The zero-order chi connectivity index (χ0) is 14.5. The molecule has 1 aliphatic heterocycles. The summed E-state index contributed by atoms with van der Waals surface area (Å²) in [6.07, 6.45) is 3.01. The van der Waals surface area contributed by atoms with Crippen LogP contribution in [0.5, 0.6) is 0 Å². The van der Waals surface area contributed by atoms with Crippen molar-refractivity contribution >= 4 is 27.9 Å². The number of rotatable bonds is 3. The molecule has 0 saturated carbocycles. The van der Waals surface area contributed by atoms with Gasteiger partial charge < -0.3 is 14.7 Å². The van der Waals surface area contributed by atoms with Crippen molar-refractivity contribution < 1.29 is 14.6 Å². The van der Waals surface area contributed by atoms with Crippen LogP contribution in [-0.4, -0.2) is 47.8 Å². The van der Waals surface area contributed by atoms with Crippen LogP contribution in [0.25, 0.3) is 6.08 Å². The molecule has 1 saturated heterocycles. The van der Waals surface area contributed by atoms with Crippen LogP contribution in [0.1, 0.15) is 12.5 Å². The first kappa shape index (κ1) is 15.2. The summed E-state index contributed by atoms with van der Waals surface area (Å²) >= 11 is 3.44. The predicted molar refractivity (Wildman–Crippen MR) is 81.2 cm³/mol. The van der Waals surface area contributed by atoms with E-state index >= 15 is 0 Å². The summed E-state index contributed by atoms with van der Waals surface area (Å²) < 4.78 is 6.47. The molecule has 0 aromatic heterocycles. The number of morpholine rings is 1. The Bertz CT molecular complexity index is 504. The van der Waals surface area contributed by atoms with E-state index in [2.05, 4.69) is 15.9 Å². The van der Waals surface area contributed by atoms with Crippen molar-refractivity contribution in [2.45, 2.75) is 19.1 Å². The number of hydrogen-bond donors (Lipinski definition) is 1. The van der Waals surface area contributed by atoms with Crippen molar-refractivity contribution in [2.24, 2.45) is 0 Å². The monoisotopic (exact) mass is 339 g/mol. The Morgan fingerprint density at radius 1 is 1.50 bits per heavy atom. The van der Waals surface area contributed by atoms with Crippen LogP contribution < -0.4 is 0 Å². The maximum atomic E-state index is 12.2. The lowest BCUT2D eigenvalue weighted by Gasteiger charge is -2.35. The largest absolute Gasteiger partial charge is 0.394 e. The highest BCUT2D eigenvalue weighted by atomic mass is 79.9. The summed E-state index contributed by atoms with van der Waals surface area (Å²) in [5.74, 6) is -0.0608. The minimum atomic E-state index is -0.292. The third kappa shape index (κ3) is 3.91. The normalized spacial score (nSPS) is 23.2. The molecule has 0 aliphatic carbocycles. The number of halogens is 1. The van der Waals surface area contributed by atoms with E-state index < -0.39 is 0 Å². The number of hydrogen-bond acceptors (Lipinski definition) is 3. The third-order valence-electron chi connectivity index (χ3n) is 3.15. The van der Waals surface area contributed by atoms with Gasteiger partial charge in [0.05, 0.1) is 18.8 Å². The molecule has 2 rings (SSSR count). The molecule has 0 radical (unpaired) electrons. The van der Waals surface area contributed by atoms with Gasteiger partial charge in [0.1, 0.15) is 0 Å². The molecule has 1 fully saturated rings. The van der Waals surface area contributed by atoms with Crippen molar-refractivity contribution in [3.05, 3.63) is 40.4 Å². The molecule has 1 N–H and O–H groups in total. The van der Waals surface area contributed by atoms with Crippen molar-refractivity contribution in [2.75, 3.05) is 19.7 Å². The van der Waals surface area contributed by atoms with Crippen LogP contribution in [-0.2, 0) is 9.53 Å². The highest BCUT2D eigenvalue weighted by molar-refractivity contribution is 9.10. The topological polar surface area (TPSA) is 49.8 Å². The minimum Gasteiger partial charge on any atom is -0.394 e. The van der Waals surface area contributed by atoms with Crippen molar-refractivity contribution in [3.8, 4) is 0 Å². The number of benzene rings is 1. The van der Waals surface area contributed by atoms with Gasteiger partial charge in [0.15, 0.2) is 0 Å². The van der Waals surface area contributed by atoms with Gasteiger partial charge in [-0.1, -0.05) is 34.1 Å². The molecular weight excluding hydrogens is 322 g/mol. The van der Waals surface area contributed by atoms with Crippen LogP contribution in [0, 0.1) is 0 Å². The van der Waals surface area contributed by atoms with Crippen LogP contribution in [0.15, 0.2) is 34.8 Å². The van der Waals surface area contributed by atoms with Gasteiger partial charge >= 0.3 is 0 Å². The summed E-state index contributed by atoms with van der Waals surface area (Å²) in [6.45, 7) is 2.82. The lowest BCUT2D eigenvalue weighted by atomic mass is 10.2. The van der Waals surface area contributed by atoms with Gasteiger partial charge in [0, 0.05) is 23.6 Å². The van der Waals surface area contributed by atoms with Gasteiger partial charge in [0.2, 0.25) is 5.91 Å². The lowest BCUT2D eigenvalue weighted by Crippen LogP contribution is -2.49. The molecule has 4 nitrogen and oxygen atoms in total. The zero-order valence-electron chi connectivity index (χ0n) is 11.3. The van der Waals surface area contributed by atoms with E-state index in [1.165, 1.54) is 0 Å². The van der Waals surface area contributed by atoms with Gasteiger partial charge in [-0.15, -0.1) is 0 Å². The van der Waals surface area contributed by atoms with Crippen LogP contribution in [0.3, 0.4) is 0 Å². The number of carbonyl (C=O) groups is 1. The van der Waals surface area contributed by atoms with Crippen LogP contribution in [0.2, 0.25) is 0 Å². The van der Waals surface area contributed by atoms with Gasteiger partial charge in [-0.2, -0.15) is 0 Å². The maximum absolute atomic E-state index is 12.2. The first-order valence-corrected chi connectivity index (χ1v) is 7.37. The molecule has 20 heavy (non-hydrogen) atoms. The third-order valence-corrected chi connectivity index (χ3v) is 3.87. The second-order valence-electron chi connectivity index (χ2n) is 4.85. The highest BCUT2D eigenvalue weighted by Gasteiger charge is 2.26. The molecule has 1 heterocycles. The molecule has 5 heteroatoms. The first-order chi connectivity index (χ1) is 9.60. The van der Waals surface area contributed by atoms with Crippen molar-refractivity contribution in [3.63, 3.8) is 0 Å². The van der Waals surface area contributed by atoms with E-state index in [0.717, 1.165) is 10.0 Å². The predicted octanol–water partition coefficient (Wildman–Crippen LogP) is 2.07. The Kier molecular flexibility index (Phi) is 5.34. The fourth-order valence-electron chi connectivity index (χ4n) is 2.20. The molecule has 2 unspecified atom stereocenters. The fourth-order valence-corrected chi connectivity index (χ4v) is 2.62. The zero-order valence-corrected chi connectivity index (χ0v) is 12.9. The molecule has 1 aliphatic rings. The van der Waals surface area contributed by atoms with Gasteiger partial charge in [0.25, 0.3) is 0 Å². The first-order valence-electron chi connectivity index (χ1n) is 6.58. The maximum Gasteiger partial charge on any atom is 0.246 e. The van der Waals surface area contributed by atoms with Gasteiger partial charge in [-0.3, -0.25) is 4.79 Å². The Hall–Kier alpha value is -1.17. The standard InChI is InChI=1S/C15H18BrNO3/c1-11-8-17(9-13(10-18)20-11)15(19)7-6-12-4-2-3-5-14(12)16/h2-7,11,13,18H,8-10H2,1H3/b7-6+. The van der Waals surface area contributed by atoms with Crippen molar-refractivity contribution in [1.82, 2.24) is 4.90 Å². The number of nitrogens with zero attached hydrogens (tertiary/aromatic N) is 1. The average molecular weight is 340 g/mol. The summed E-state index contributed by atoms with van der Waals surface area (Å²) in [5, 5.41) is 9.17. The number of aliphatic hydroxyl groups excluding tert-OH is 1. The molecular formula is C15H18BrNO3. The summed E-state index contributed by atoms with van der Waals surface area (Å²) in [5.41, 5.74) is 0.959. The Morgan fingerprint density at radius 3 is 2.95 bits per heavy atom. The Morgan fingerprint density at radius 2 is 2.25 bits per heavy atom. The molecule has 108 valence electrons. The SMILES string of the molecule is CC1CN(C(=O)/C=C/c2ccccc2Br)CC(CO)O1. The highest BCUT2D eigenvalue weighted by Crippen LogP contribution is 2.18. The average Bonchev–Trinajstić information content (AvgIpc) is 2.45. The number of carbonyl (C=O) groups excluding carboxylic acids is 1. The Balaban J connectivity index is 2.02. The Labute approximate surface area is 127 Å². The second-order valence-corrected chi connectivity index (χ2v) is 5.70. The molecule has 1 aromatic carbocycles. The quantitative estimate of drug-likeness (QED) is 0.857. The summed E-state index contributed by atoms with van der Waals surface area (Å²) in [6, 6.07) is 7.72. The number of ether oxygens (including phenoxy) is 1. The molecule has 0 bridgehead atoms. The summed E-state index contributed by atoms with van der Waals surface area (Å²) in [4.78, 5) is 13.9. The minimum absolute atomic E-state index is 0.0540. The van der Waals surface area contributed by atoms with Gasteiger partial charge in [-0.25, -0.2) is 0 Å².